The van der Waals surface area contributed by atoms with Crippen molar-refractivity contribution in [2.75, 3.05) is 13.7 Å². The molecule has 0 fully saturated rings. The second-order valence-corrected chi connectivity index (χ2v) is 7.03. The Morgan fingerprint density at radius 3 is 2.70 bits per heavy atom. The molecule has 0 unspecified atom stereocenters. The number of benzene rings is 2. The molecule has 5 rings (SSSR count). The topological polar surface area (TPSA) is 38.8 Å². The first-order valence-electron chi connectivity index (χ1n) is 9.23. The molecule has 0 N–H and O–H groups in total. The Labute approximate surface area is 158 Å². The van der Waals surface area contributed by atoms with Gasteiger partial charge in [-0.15, -0.1) is 0 Å². The van der Waals surface area contributed by atoms with Gasteiger partial charge in [0.05, 0.1) is 13.4 Å². The quantitative estimate of drug-likeness (QED) is 0.498. The van der Waals surface area contributed by atoms with Crippen LogP contribution < -0.4 is 4.74 Å². The van der Waals surface area contributed by atoms with Gasteiger partial charge in [0, 0.05) is 25.0 Å². The van der Waals surface area contributed by atoms with E-state index in [4.69, 9.17) is 13.6 Å². The summed E-state index contributed by atoms with van der Waals surface area (Å²) >= 11 is 0. The predicted octanol–water partition coefficient (Wildman–Crippen LogP) is 5.26. The van der Waals surface area contributed by atoms with E-state index in [2.05, 4.69) is 41.3 Å². The van der Waals surface area contributed by atoms with Crippen molar-refractivity contribution in [3.63, 3.8) is 0 Å². The fourth-order valence-corrected chi connectivity index (χ4v) is 3.91. The summed E-state index contributed by atoms with van der Waals surface area (Å²) < 4.78 is 17.1. The van der Waals surface area contributed by atoms with E-state index < -0.39 is 0 Å². The first-order valence-corrected chi connectivity index (χ1v) is 9.23. The molecule has 0 amide bonds. The highest BCUT2D eigenvalue weighted by atomic mass is 16.5. The van der Waals surface area contributed by atoms with E-state index in [1.807, 2.05) is 18.2 Å². The second kappa shape index (κ2) is 6.63. The normalized spacial score (nSPS) is 14.4. The Balaban J connectivity index is 1.45. The molecule has 0 bridgehead atoms. The Kier molecular flexibility index (Phi) is 3.98. The van der Waals surface area contributed by atoms with E-state index >= 15 is 0 Å². The van der Waals surface area contributed by atoms with E-state index in [0.717, 1.165) is 54.3 Å². The van der Waals surface area contributed by atoms with Crippen molar-refractivity contribution < 1.29 is 13.6 Å². The molecule has 1 aliphatic rings. The van der Waals surface area contributed by atoms with Crippen LogP contribution in [0.15, 0.2) is 69.7 Å². The Bertz CT molecular complexity index is 1080. The van der Waals surface area contributed by atoms with Crippen molar-refractivity contribution in [1.82, 2.24) is 4.90 Å². The number of rotatable bonds is 4. The maximum Gasteiger partial charge on any atom is 0.176 e. The van der Waals surface area contributed by atoms with Crippen molar-refractivity contribution in [1.29, 1.82) is 0 Å². The summed E-state index contributed by atoms with van der Waals surface area (Å²) in [4.78, 5) is 2.48. The maximum atomic E-state index is 5.99. The molecular weight excluding hydrogens is 338 g/mol. The predicted molar refractivity (Wildman–Crippen MR) is 105 cm³/mol. The molecule has 3 heterocycles. The lowest BCUT2D eigenvalue weighted by Crippen LogP contribution is -2.29. The summed E-state index contributed by atoms with van der Waals surface area (Å²) in [5.41, 5.74) is 4.89. The highest BCUT2D eigenvalue weighted by Gasteiger charge is 2.18. The highest BCUT2D eigenvalue weighted by molar-refractivity contribution is 5.87. The van der Waals surface area contributed by atoms with Crippen LogP contribution in [0.4, 0.5) is 0 Å². The molecule has 0 radical (unpaired) electrons. The van der Waals surface area contributed by atoms with Gasteiger partial charge in [0.25, 0.3) is 0 Å². The molecule has 1 aliphatic heterocycles. The van der Waals surface area contributed by atoms with Gasteiger partial charge in [0.2, 0.25) is 0 Å². The van der Waals surface area contributed by atoms with Crippen LogP contribution in [0.25, 0.3) is 22.5 Å². The van der Waals surface area contributed by atoms with Gasteiger partial charge in [0.1, 0.15) is 0 Å². The Morgan fingerprint density at radius 1 is 1.00 bits per heavy atom. The summed E-state index contributed by atoms with van der Waals surface area (Å²) in [5.74, 6) is 2.21. The van der Waals surface area contributed by atoms with Crippen molar-refractivity contribution >= 4 is 11.0 Å². The third kappa shape index (κ3) is 3.02. The molecule has 2 aromatic heterocycles. The van der Waals surface area contributed by atoms with Crippen molar-refractivity contribution in [2.24, 2.45) is 0 Å². The molecular formula is C23H21NO3. The van der Waals surface area contributed by atoms with E-state index in [0.29, 0.717) is 0 Å². The maximum absolute atomic E-state index is 5.99. The molecule has 0 atom stereocenters. The van der Waals surface area contributed by atoms with Crippen LogP contribution in [-0.4, -0.2) is 18.6 Å². The lowest BCUT2D eigenvalue weighted by atomic mass is 9.99. The van der Waals surface area contributed by atoms with Gasteiger partial charge in [0.15, 0.2) is 22.9 Å². The number of nitrogens with zero attached hydrogens (tertiary/aromatic N) is 1. The molecule has 0 aliphatic carbocycles. The van der Waals surface area contributed by atoms with E-state index in [-0.39, 0.29) is 0 Å². The van der Waals surface area contributed by atoms with Gasteiger partial charge in [-0.25, -0.2) is 0 Å². The summed E-state index contributed by atoms with van der Waals surface area (Å²) in [6, 6.07) is 18.8. The van der Waals surface area contributed by atoms with Crippen LogP contribution in [0, 0.1) is 0 Å². The zero-order chi connectivity index (χ0) is 18.2. The van der Waals surface area contributed by atoms with E-state index in [1.54, 1.807) is 13.4 Å². The monoisotopic (exact) mass is 359 g/mol. The number of hydrogen-bond acceptors (Lipinski definition) is 4. The molecule has 4 nitrogen and oxygen atoms in total. The zero-order valence-corrected chi connectivity index (χ0v) is 15.3. The fraction of sp³-hybridized carbons (Fsp3) is 0.217. The lowest BCUT2D eigenvalue weighted by molar-refractivity contribution is 0.245. The Morgan fingerprint density at radius 2 is 1.89 bits per heavy atom. The molecule has 0 spiro atoms. The van der Waals surface area contributed by atoms with Crippen LogP contribution >= 0.6 is 0 Å². The summed E-state index contributed by atoms with van der Waals surface area (Å²) in [6.45, 7) is 2.95. The highest BCUT2D eigenvalue weighted by Crippen LogP contribution is 2.35. The zero-order valence-electron chi connectivity index (χ0n) is 15.3. The Hall–Kier alpha value is -2.98. The fourth-order valence-electron chi connectivity index (χ4n) is 3.91. The van der Waals surface area contributed by atoms with Crippen LogP contribution in [-0.2, 0) is 19.5 Å². The minimum atomic E-state index is 0.720. The molecule has 0 saturated heterocycles. The van der Waals surface area contributed by atoms with Crippen LogP contribution in [0.1, 0.15) is 16.7 Å². The largest absolute Gasteiger partial charge is 0.493 e. The molecule has 0 saturated carbocycles. The molecule has 2 aromatic carbocycles. The first kappa shape index (κ1) is 16.2. The van der Waals surface area contributed by atoms with Crippen molar-refractivity contribution in [3.8, 4) is 17.3 Å². The SMILES string of the molecule is COc1cc(CN2CCc3ccccc3C2)cc2cc(-c3ccco3)oc12. The van der Waals surface area contributed by atoms with Gasteiger partial charge >= 0.3 is 0 Å². The van der Waals surface area contributed by atoms with Gasteiger partial charge in [-0.1, -0.05) is 24.3 Å². The first-order chi connectivity index (χ1) is 13.3. The minimum absolute atomic E-state index is 0.720. The molecule has 4 aromatic rings. The molecule has 4 heteroatoms. The summed E-state index contributed by atoms with van der Waals surface area (Å²) in [5, 5.41) is 1.04. The second-order valence-electron chi connectivity index (χ2n) is 7.03. The van der Waals surface area contributed by atoms with Gasteiger partial charge in [-0.2, -0.15) is 0 Å². The van der Waals surface area contributed by atoms with Gasteiger partial charge in [-0.05, 0) is 53.4 Å². The van der Waals surface area contributed by atoms with Gasteiger partial charge in [-0.3, -0.25) is 4.90 Å². The average Bonchev–Trinajstić information content (AvgIpc) is 3.36. The number of methoxy groups -OCH3 is 1. The lowest BCUT2D eigenvalue weighted by Gasteiger charge is -2.28. The number of hydrogen-bond donors (Lipinski definition) is 0. The van der Waals surface area contributed by atoms with Crippen molar-refractivity contribution in [2.45, 2.75) is 19.5 Å². The van der Waals surface area contributed by atoms with E-state index in [1.165, 1.54) is 16.7 Å². The van der Waals surface area contributed by atoms with Crippen LogP contribution in [0.3, 0.4) is 0 Å². The van der Waals surface area contributed by atoms with Gasteiger partial charge < -0.3 is 13.6 Å². The van der Waals surface area contributed by atoms with Crippen LogP contribution in [0.5, 0.6) is 5.75 Å². The number of ether oxygens (including phenoxy) is 1. The number of fused-ring (bicyclic) bond motifs is 2. The van der Waals surface area contributed by atoms with E-state index in [9.17, 15) is 0 Å². The van der Waals surface area contributed by atoms with Crippen molar-refractivity contribution in [3.05, 3.63) is 77.6 Å². The molecule has 27 heavy (non-hydrogen) atoms. The summed E-state index contributed by atoms with van der Waals surface area (Å²) in [6.07, 6.45) is 2.75. The summed E-state index contributed by atoms with van der Waals surface area (Å²) in [7, 11) is 1.69. The third-order valence-corrected chi connectivity index (χ3v) is 5.24. The standard InChI is InChI=1S/C23H21NO3/c1-25-22-12-16(14-24-9-8-17-5-2-3-6-18(17)15-24)11-19-13-21(27-23(19)22)20-7-4-10-26-20/h2-7,10-13H,8-9,14-15H2,1H3. The smallest absolute Gasteiger partial charge is 0.176 e. The minimum Gasteiger partial charge on any atom is -0.493 e. The number of furan rings is 2. The molecule has 136 valence electrons. The van der Waals surface area contributed by atoms with Crippen LogP contribution in [0.2, 0.25) is 0 Å². The average molecular weight is 359 g/mol. The third-order valence-electron chi connectivity index (χ3n) is 5.24.